The van der Waals surface area contributed by atoms with Crippen molar-refractivity contribution in [3.63, 3.8) is 0 Å². The Hall–Kier alpha value is -1.46. The average molecular weight is 287 g/mol. The van der Waals surface area contributed by atoms with Crippen molar-refractivity contribution in [1.82, 2.24) is 9.97 Å². The standard InChI is InChI=1S/C14H13N3S2/c1-2-9-6-10(19-12(9)3-1)7-15-14-13-11(4-5-18-13)16-8-17-14/h4-6,8H,1-3,7H2,(H,15,16,17). The summed E-state index contributed by atoms with van der Waals surface area (Å²) in [5.41, 5.74) is 2.59. The highest BCUT2D eigenvalue weighted by Crippen LogP contribution is 2.31. The molecule has 0 unspecified atom stereocenters. The molecule has 3 aromatic heterocycles. The van der Waals surface area contributed by atoms with Crippen molar-refractivity contribution in [2.75, 3.05) is 5.32 Å². The van der Waals surface area contributed by atoms with Crippen molar-refractivity contribution >= 4 is 38.7 Å². The van der Waals surface area contributed by atoms with Crippen molar-refractivity contribution in [3.05, 3.63) is 39.2 Å². The molecule has 3 heterocycles. The van der Waals surface area contributed by atoms with E-state index in [2.05, 4.69) is 26.7 Å². The maximum absolute atomic E-state index is 4.35. The van der Waals surface area contributed by atoms with E-state index in [0.717, 1.165) is 22.6 Å². The number of nitrogens with one attached hydrogen (secondary N) is 1. The van der Waals surface area contributed by atoms with E-state index in [0.29, 0.717) is 0 Å². The van der Waals surface area contributed by atoms with Crippen LogP contribution >= 0.6 is 22.7 Å². The number of rotatable bonds is 3. The summed E-state index contributed by atoms with van der Waals surface area (Å²) in [6.07, 6.45) is 5.49. The highest BCUT2D eigenvalue weighted by Gasteiger charge is 2.14. The van der Waals surface area contributed by atoms with Crippen LogP contribution in [0, 0.1) is 0 Å². The second-order valence-corrected chi connectivity index (χ2v) is 6.86. The molecule has 0 spiro atoms. The second-order valence-electron chi connectivity index (χ2n) is 4.73. The third kappa shape index (κ3) is 2.03. The van der Waals surface area contributed by atoms with Crippen LogP contribution in [0.1, 0.15) is 21.7 Å². The number of thiophene rings is 2. The molecular weight excluding hydrogens is 274 g/mol. The van der Waals surface area contributed by atoms with Crippen LogP contribution in [0.25, 0.3) is 10.2 Å². The second kappa shape index (κ2) is 4.58. The number of aromatic nitrogens is 2. The molecule has 4 rings (SSSR count). The van der Waals surface area contributed by atoms with Gasteiger partial charge in [-0.25, -0.2) is 9.97 Å². The summed E-state index contributed by atoms with van der Waals surface area (Å²) in [4.78, 5) is 11.6. The summed E-state index contributed by atoms with van der Waals surface area (Å²) < 4.78 is 1.14. The van der Waals surface area contributed by atoms with E-state index in [1.54, 1.807) is 28.1 Å². The van der Waals surface area contributed by atoms with Gasteiger partial charge in [0.05, 0.1) is 16.8 Å². The summed E-state index contributed by atoms with van der Waals surface area (Å²) in [5, 5.41) is 5.51. The first-order valence-electron chi connectivity index (χ1n) is 6.43. The molecule has 5 heteroatoms. The number of hydrogen-bond acceptors (Lipinski definition) is 5. The van der Waals surface area contributed by atoms with Crippen LogP contribution in [0.2, 0.25) is 0 Å². The lowest BCUT2D eigenvalue weighted by atomic mass is 10.2. The van der Waals surface area contributed by atoms with Gasteiger partial charge in [0.25, 0.3) is 0 Å². The van der Waals surface area contributed by atoms with Crippen LogP contribution in [-0.2, 0) is 19.4 Å². The Balaban J connectivity index is 1.56. The Labute approximate surface area is 119 Å². The van der Waals surface area contributed by atoms with E-state index in [9.17, 15) is 0 Å². The molecule has 0 fully saturated rings. The van der Waals surface area contributed by atoms with Crippen molar-refractivity contribution in [2.24, 2.45) is 0 Å². The van der Waals surface area contributed by atoms with Gasteiger partial charge in [0.2, 0.25) is 0 Å². The van der Waals surface area contributed by atoms with Gasteiger partial charge in [0, 0.05) is 9.75 Å². The van der Waals surface area contributed by atoms with E-state index in [1.165, 1.54) is 24.1 Å². The van der Waals surface area contributed by atoms with Crippen molar-refractivity contribution in [1.29, 1.82) is 0 Å². The highest BCUT2D eigenvalue weighted by molar-refractivity contribution is 7.17. The van der Waals surface area contributed by atoms with Gasteiger partial charge in [-0.3, -0.25) is 0 Å². The van der Waals surface area contributed by atoms with E-state index >= 15 is 0 Å². The van der Waals surface area contributed by atoms with Crippen molar-refractivity contribution in [3.8, 4) is 0 Å². The number of aryl methyl sites for hydroxylation is 2. The summed E-state index contributed by atoms with van der Waals surface area (Å²) in [5.74, 6) is 0.952. The zero-order valence-corrected chi connectivity index (χ0v) is 12.0. The Bertz CT molecular complexity index is 708. The SMILES string of the molecule is c1nc(NCc2cc3c(s2)CCC3)c2sccc2n1. The van der Waals surface area contributed by atoms with E-state index in [4.69, 9.17) is 0 Å². The summed E-state index contributed by atoms with van der Waals surface area (Å²) in [6, 6.07) is 4.39. The predicted octanol–water partition coefficient (Wildman–Crippen LogP) is 3.85. The molecule has 1 aliphatic rings. The van der Waals surface area contributed by atoms with Crippen LogP contribution in [0.15, 0.2) is 23.8 Å². The minimum atomic E-state index is 0.863. The van der Waals surface area contributed by atoms with Gasteiger partial charge in [0.15, 0.2) is 0 Å². The zero-order valence-electron chi connectivity index (χ0n) is 10.3. The molecule has 0 saturated carbocycles. The number of nitrogens with zero attached hydrogens (tertiary/aromatic N) is 2. The molecule has 96 valence electrons. The number of hydrogen-bond donors (Lipinski definition) is 1. The maximum Gasteiger partial charge on any atom is 0.147 e. The highest BCUT2D eigenvalue weighted by atomic mass is 32.1. The Kier molecular flexibility index (Phi) is 2.74. The van der Waals surface area contributed by atoms with Crippen LogP contribution < -0.4 is 5.32 Å². The third-order valence-electron chi connectivity index (χ3n) is 3.47. The van der Waals surface area contributed by atoms with Crippen LogP contribution in [0.3, 0.4) is 0 Å². The van der Waals surface area contributed by atoms with Crippen LogP contribution in [0.5, 0.6) is 0 Å². The fourth-order valence-electron chi connectivity index (χ4n) is 2.56. The minimum Gasteiger partial charge on any atom is -0.364 e. The third-order valence-corrected chi connectivity index (χ3v) is 5.62. The van der Waals surface area contributed by atoms with E-state index in [-0.39, 0.29) is 0 Å². The Morgan fingerprint density at radius 1 is 1.26 bits per heavy atom. The molecule has 19 heavy (non-hydrogen) atoms. The van der Waals surface area contributed by atoms with Crippen molar-refractivity contribution < 1.29 is 0 Å². The van der Waals surface area contributed by atoms with E-state index in [1.807, 2.05) is 17.4 Å². The molecule has 0 saturated heterocycles. The summed E-state index contributed by atoms with van der Waals surface area (Å²) in [7, 11) is 0. The zero-order chi connectivity index (χ0) is 12.7. The lowest BCUT2D eigenvalue weighted by Crippen LogP contribution is -2.00. The van der Waals surface area contributed by atoms with Gasteiger partial charge in [-0.1, -0.05) is 0 Å². The molecule has 3 nitrogen and oxygen atoms in total. The molecule has 1 aliphatic carbocycles. The smallest absolute Gasteiger partial charge is 0.147 e. The van der Waals surface area contributed by atoms with Gasteiger partial charge in [-0.2, -0.15) is 0 Å². The minimum absolute atomic E-state index is 0.863. The normalized spacial score (nSPS) is 13.9. The molecule has 0 aromatic carbocycles. The summed E-state index contributed by atoms with van der Waals surface area (Å²) in [6.45, 7) is 0.863. The fraction of sp³-hybridized carbons (Fsp3) is 0.286. The lowest BCUT2D eigenvalue weighted by Gasteiger charge is -2.04. The first-order chi connectivity index (χ1) is 9.40. The maximum atomic E-state index is 4.35. The topological polar surface area (TPSA) is 37.8 Å². The largest absolute Gasteiger partial charge is 0.364 e. The van der Waals surface area contributed by atoms with Gasteiger partial charge in [0.1, 0.15) is 12.1 Å². The average Bonchev–Trinajstić information content (AvgIpc) is 3.10. The Morgan fingerprint density at radius 3 is 3.21 bits per heavy atom. The molecule has 1 N–H and O–H groups in total. The van der Waals surface area contributed by atoms with Gasteiger partial charge < -0.3 is 5.32 Å². The molecule has 0 amide bonds. The van der Waals surface area contributed by atoms with E-state index < -0.39 is 0 Å². The number of anilines is 1. The lowest BCUT2D eigenvalue weighted by molar-refractivity contribution is 0.913. The molecule has 0 aliphatic heterocycles. The first-order valence-corrected chi connectivity index (χ1v) is 8.12. The molecular formula is C14H13N3S2. The number of fused-ring (bicyclic) bond motifs is 2. The molecule has 3 aromatic rings. The molecule has 0 radical (unpaired) electrons. The fourth-order valence-corrected chi connectivity index (χ4v) is 4.57. The van der Waals surface area contributed by atoms with Crippen LogP contribution in [-0.4, -0.2) is 9.97 Å². The van der Waals surface area contributed by atoms with Gasteiger partial charge in [-0.05, 0) is 42.3 Å². The van der Waals surface area contributed by atoms with Crippen LogP contribution in [0.4, 0.5) is 5.82 Å². The summed E-state index contributed by atoms with van der Waals surface area (Å²) >= 11 is 3.64. The molecule has 0 bridgehead atoms. The Morgan fingerprint density at radius 2 is 2.26 bits per heavy atom. The van der Waals surface area contributed by atoms with Gasteiger partial charge >= 0.3 is 0 Å². The monoisotopic (exact) mass is 287 g/mol. The van der Waals surface area contributed by atoms with Gasteiger partial charge in [-0.15, -0.1) is 22.7 Å². The van der Waals surface area contributed by atoms with Crippen molar-refractivity contribution in [2.45, 2.75) is 25.8 Å². The first kappa shape index (κ1) is 11.4. The quantitative estimate of drug-likeness (QED) is 0.795. The molecule has 0 atom stereocenters. The predicted molar refractivity (Wildman–Crippen MR) is 81.1 cm³/mol.